The molecule has 1 amide bonds. The number of nitrogens with one attached hydrogen (secondary N) is 2. The molecule has 1 heterocycles. The second kappa shape index (κ2) is 6.54. The summed E-state index contributed by atoms with van der Waals surface area (Å²) in [5, 5.41) is 5.95. The van der Waals surface area contributed by atoms with Crippen LogP contribution in [0.4, 0.5) is 15.9 Å². The monoisotopic (exact) mass is 307 g/mol. The number of aryl methyl sites for hydroxylation is 1. The van der Waals surface area contributed by atoms with Crippen molar-refractivity contribution < 1.29 is 9.18 Å². The van der Waals surface area contributed by atoms with Crippen molar-refractivity contribution in [1.29, 1.82) is 0 Å². The van der Waals surface area contributed by atoms with Crippen molar-refractivity contribution in [3.63, 3.8) is 0 Å². The van der Waals surface area contributed by atoms with Crippen LogP contribution >= 0.6 is 11.6 Å². The lowest BCUT2D eigenvalue weighted by Gasteiger charge is -2.08. The molecule has 21 heavy (non-hydrogen) atoms. The first-order chi connectivity index (χ1) is 10.0. The molecular formula is C15H15ClFN3O. The first kappa shape index (κ1) is 15.3. The van der Waals surface area contributed by atoms with Gasteiger partial charge in [0, 0.05) is 18.4 Å². The standard InChI is InChI=1S/C15H15ClFN3O/c1-3-18-14-12(16)6-10(8-19-14)15(21)20-11-5-4-9(2)13(17)7-11/h4-8H,3H2,1-2H3,(H,18,19)(H,20,21). The average molecular weight is 308 g/mol. The largest absolute Gasteiger partial charge is 0.369 e. The van der Waals surface area contributed by atoms with Crippen LogP contribution in [-0.4, -0.2) is 17.4 Å². The van der Waals surface area contributed by atoms with Gasteiger partial charge in [-0.3, -0.25) is 4.79 Å². The van der Waals surface area contributed by atoms with Crippen molar-refractivity contribution in [2.75, 3.05) is 17.2 Å². The second-order valence-corrected chi connectivity index (χ2v) is 4.91. The lowest BCUT2D eigenvalue weighted by molar-refractivity contribution is 0.102. The third-order valence-electron chi connectivity index (χ3n) is 2.88. The van der Waals surface area contributed by atoms with Gasteiger partial charge in [0.15, 0.2) is 0 Å². The van der Waals surface area contributed by atoms with Crippen molar-refractivity contribution in [3.8, 4) is 0 Å². The molecule has 0 spiro atoms. The van der Waals surface area contributed by atoms with Gasteiger partial charge in [-0.1, -0.05) is 17.7 Å². The fourth-order valence-electron chi connectivity index (χ4n) is 1.73. The Morgan fingerprint density at radius 3 is 2.76 bits per heavy atom. The van der Waals surface area contributed by atoms with Gasteiger partial charge in [-0.2, -0.15) is 0 Å². The molecule has 110 valence electrons. The average Bonchev–Trinajstić information content (AvgIpc) is 2.45. The Morgan fingerprint density at radius 1 is 1.38 bits per heavy atom. The number of hydrogen-bond donors (Lipinski definition) is 2. The van der Waals surface area contributed by atoms with Gasteiger partial charge in [0.1, 0.15) is 11.6 Å². The molecule has 1 aromatic carbocycles. The van der Waals surface area contributed by atoms with Crippen LogP contribution in [0.1, 0.15) is 22.8 Å². The number of rotatable bonds is 4. The van der Waals surface area contributed by atoms with Crippen LogP contribution in [0.15, 0.2) is 30.5 Å². The van der Waals surface area contributed by atoms with Crippen LogP contribution in [0.2, 0.25) is 5.02 Å². The van der Waals surface area contributed by atoms with Crippen LogP contribution in [0.25, 0.3) is 0 Å². The van der Waals surface area contributed by atoms with E-state index < -0.39 is 5.91 Å². The minimum atomic E-state index is -0.393. The number of amides is 1. The Balaban J connectivity index is 2.16. The predicted octanol–water partition coefficient (Wildman–Crippen LogP) is 3.87. The van der Waals surface area contributed by atoms with Gasteiger partial charge in [0.2, 0.25) is 0 Å². The number of benzene rings is 1. The quantitative estimate of drug-likeness (QED) is 0.901. The number of aromatic nitrogens is 1. The SMILES string of the molecule is CCNc1ncc(C(=O)Nc2ccc(C)c(F)c2)cc1Cl. The van der Waals surface area contributed by atoms with E-state index in [9.17, 15) is 9.18 Å². The van der Waals surface area contributed by atoms with Gasteiger partial charge in [-0.25, -0.2) is 9.37 Å². The van der Waals surface area contributed by atoms with Crippen LogP contribution in [0.5, 0.6) is 0 Å². The summed E-state index contributed by atoms with van der Waals surface area (Å²) in [4.78, 5) is 16.2. The zero-order chi connectivity index (χ0) is 15.4. The lowest BCUT2D eigenvalue weighted by atomic mass is 10.2. The van der Waals surface area contributed by atoms with Gasteiger partial charge in [0.05, 0.1) is 10.6 Å². The molecule has 0 radical (unpaired) electrons. The molecule has 0 unspecified atom stereocenters. The maximum Gasteiger partial charge on any atom is 0.257 e. The Labute approximate surface area is 127 Å². The van der Waals surface area contributed by atoms with E-state index in [2.05, 4.69) is 15.6 Å². The Bertz CT molecular complexity index is 676. The molecule has 6 heteroatoms. The summed E-state index contributed by atoms with van der Waals surface area (Å²) in [6.07, 6.45) is 1.42. The van der Waals surface area contributed by atoms with E-state index in [0.29, 0.717) is 34.2 Å². The van der Waals surface area contributed by atoms with Gasteiger partial charge in [-0.05, 0) is 37.6 Å². The van der Waals surface area contributed by atoms with Gasteiger partial charge in [0.25, 0.3) is 5.91 Å². The number of nitrogens with zero attached hydrogens (tertiary/aromatic N) is 1. The first-order valence-corrected chi connectivity index (χ1v) is 6.86. The smallest absolute Gasteiger partial charge is 0.257 e. The maximum atomic E-state index is 13.4. The summed E-state index contributed by atoms with van der Waals surface area (Å²) in [6.45, 7) is 4.26. The zero-order valence-corrected chi connectivity index (χ0v) is 12.5. The molecule has 0 saturated carbocycles. The van der Waals surface area contributed by atoms with Crippen LogP contribution in [0.3, 0.4) is 0 Å². The van der Waals surface area contributed by atoms with Gasteiger partial charge >= 0.3 is 0 Å². The molecule has 0 saturated heterocycles. The van der Waals surface area contributed by atoms with E-state index in [4.69, 9.17) is 11.6 Å². The zero-order valence-electron chi connectivity index (χ0n) is 11.7. The minimum absolute atomic E-state index is 0.308. The summed E-state index contributed by atoms with van der Waals surface area (Å²) >= 11 is 6.04. The van der Waals surface area contributed by atoms with E-state index >= 15 is 0 Å². The number of pyridine rings is 1. The Hall–Kier alpha value is -2.14. The molecule has 0 aliphatic heterocycles. The number of hydrogen-bond acceptors (Lipinski definition) is 3. The van der Waals surface area contributed by atoms with Crippen LogP contribution < -0.4 is 10.6 Å². The third kappa shape index (κ3) is 3.70. The van der Waals surface area contributed by atoms with Gasteiger partial charge < -0.3 is 10.6 Å². The molecular weight excluding hydrogens is 293 g/mol. The fraction of sp³-hybridized carbons (Fsp3) is 0.200. The lowest BCUT2D eigenvalue weighted by Crippen LogP contribution is -2.13. The first-order valence-electron chi connectivity index (χ1n) is 6.48. The topological polar surface area (TPSA) is 54.0 Å². The molecule has 0 fully saturated rings. The molecule has 2 aromatic rings. The predicted molar refractivity (Wildman–Crippen MR) is 82.5 cm³/mol. The van der Waals surface area contributed by atoms with E-state index in [1.807, 2.05) is 6.92 Å². The molecule has 0 bridgehead atoms. The van der Waals surface area contributed by atoms with E-state index in [1.54, 1.807) is 19.1 Å². The molecule has 2 rings (SSSR count). The molecule has 0 aliphatic carbocycles. The van der Waals surface area contributed by atoms with E-state index in [0.717, 1.165) is 0 Å². The van der Waals surface area contributed by atoms with Crippen molar-refractivity contribution in [2.45, 2.75) is 13.8 Å². The van der Waals surface area contributed by atoms with Crippen molar-refractivity contribution in [1.82, 2.24) is 4.98 Å². The fourth-order valence-corrected chi connectivity index (χ4v) is 1.97. The number of halogens is 2. The second-order valence-electron chi connectivity index (χ2n) is 4.50. The Morgan fingerprint density at radius 2 is 2.14 bits per heavy atom. The molecule has 2 N–H and O–H groups in total. The summed E-state index contributed by atoms with van der Waals surface area (Å²) in [5.74, 6) is -0.237. The summed E-state index contributed by atoms with van der Waals surface area (Å²) in [7, 11) is 0. The number of carbonyl (C=O) groups is 1. The highest BCUT2D eigenvalue weighted by Crippen LogP contribution is 2.21. The highest BCUT2D eigenvalue weighted by Gasteiger charge is 2.10. The number of anilines is 2. The van der Waals surface area contributed by atoms with Crippen LogP contribution in [-0.2, 0) is 0 Å². The van der Waals surface area contributed by atoms with Crippen molar-refractivity contribution >= 4 is 29.0 Å². The highest BCUT2D eigenvalue weighted by molar-refractivity contribution is 6.33. The summed E-state index contributed by atoms with van der Waals surface area (Å²) < 4.78 is 13.4. The summed E-state index contributed by atoms with van der Waals surface area (Å²) in [6, 6.07) is 6.03. The van der Waals surface area contributed by atoms with Crippen molar-refractivity contribution in [2.24, 2.45) is 0 Å². The molecule has 0 aliphatic rings. The van der Waals surface area contributed by atoms with E-state index in [-0.39, 0.29) is 5.82 Å². The molecule has 0 atom stereocenters. The number of carbonyl (C=O) groups excluding carboxylic acids is 1. The summed E-state index contributed by atoms with van der Waals surface area (Å²) in [5.41, 5.74) is 1.21. The molecule has 1 aromatic heterocycles. The molecule has 4 nitrogen and oxygen atoms in total. The van der Waals surface area contributed by atoms with Crippen LogP contribution in [0, 0.1) is 12.7 Å². The Kier molecular flexibility index (Phi) is 4.75. The van der Waals surface area contributed by atoms with E-state index in [1.165, 1.54) is 18.3 Å². The third-order valence-corrected chi connectivity index (χ3v) is 3.17. The maximum absolute atomic E-state index is 13.4. The normalized spacial score (nSPS) is 10.3. The minimum Gasteiger partial charge on any atom is -0.369 e. The highest BCUT2D eigenvalue weighted by atomic mass is 35.5. The van der Waals surface area contributed by atoms with Crippen molar-refractivity contribution in [3.05, 3.63) is 52.4 Å². The van der Waals surface area contributed by atoms with Gasteiger partial charge in [-0.15, -0.1) is 0 Å².